The van der Waals surface area contributed by atoms with Gasteiger partial charge in [-0.1, -0.05) is 45.4 Å². The molecule has 0 radical (unpaired) electrons. The summed E-state index contributed by atoms with van der Waals surface area (Å²) >= 11 is 0. The van der Waals surface area contributed by atoms with E-state index < -0.39 is 0 Å². The maximum absolute atomic E-state index is 12.4. The van der Waals surface area contributed by atoms with Crippen molar-refractivity contribution in [2.75, 3.05) is 14.2 Å². The zero-order valence-electron chi connectivity index (χ0n) is 17.3. The van der Waals surface area contributed by atoms with E-state index in [0.29, 0.717) is 5.92 Å². The predicted octanol–water partition coefficient (Wildman–Crippen LogP) is 5.43. The van der Waals surface area contributed by atoms with Crippen molar-refractivity contribution in [1.29, 1.82) is 0 Å². The van der Waals surface area contributed by atoms with E-state index in [1.54, 1.807) is 7.11 Å². The molecule has 142 valence electrons. The average Bonchev–Trinajstić information content (AvgIpc) is 2.50. The van der Waals surface area contributed by atoms with Crippen LogP contribution in [0.25, 0.3) is 0 Å². The van der Waals surface area contributed by atoms with Crippen LogP contribution in [-0.2, 0) is 9.53 Å². The topological polar surface area (TPSA) is 29.5 Å². The molecule has 0 bridgehead atoms. The van der Waals surface area contributed by atoms with Crippen LogP contribution in [0.4, 0.5) is 0 Å². The third kappa shape index (κ3) is 5.75. The number of hydrogen-bond donors (Lipinski definition) is 0. The summed E-state index contributed by atoms with van der Waals surface area (Å²) in [5.74, 6) is 0.493. The van der Waals surface area contributed by atoms with Crippen molar-refractivity contribution < 1.29 is 9.53 Å². The molecule has 1 saturated heterocycles. The first kappa shape index (κ1) is 21.5. The Kier molecular flexibility index (Phi) is 8.25. The molecule has 0 aromatic carbocycles. The molecule has 0 N–H and O–H groups in total. The molecule has 3 nitrogen and oxygen atoms in total. The van der Waals surface area contributed by atoms with Crippen LogP contribution >= 0.6 is 0 Å². The molecule has 1 atom stereocenters. The van der Waals surface area contributed by atoms with Gasteiger partial charge in [-0.25, -0.2) is 0 Å². The van der Waals surface area contributed by atoms with E-state index in [-0.39, 0.29) is 23.0 Å². The number of esters is 1. The number of rotatable bonds is 9. The minimum Gasteiger partial charge on any atom is -0.469 e. The van der Waals surface area contributed by atoms with E-state index in [9.17, 15) is 4.79 Å². The Bertz CT molecular complexity index is 371. The van der Waals surface area contributed by atoms with Crippen LogP contribution < -0.4 is 0 Å². The first-order chi connectivity index (χ1) is 11.2. The van der Waals surface area contributed by atoms with Gasteiger partial charge in [-0.15, -0.1) is 0 Å². The summed E-state index contributed by atoms with van der Waals surface area (Å²) in [6.45, 7) is 11.5. The van der Waals surface area contributed by atoms with Gasteiger partial charge in [0.2, 0.25) is 0 Å². The van der Waals surface area contributed by atoms with Gasteiger partial charge in [-0.3, -0.25) is 9.69 Å². The first-order valence-electron chi connectivity index (χ1n) is 9.97. The van der Waals surface area contributed by atoms with Crippen molar-refractivity contribution in [1.82, 2.24) is 4.90 Å². The zero-order chi connectivity index (χ0) is 18.4. The van der Waals surface area contributed by atoms with Gasteiger partial charge in [0.05, 0.1) is 13.0 Å². The summed E-state index contributed by atoms with van der Waals surface area (Å²) in [6, 6.07) is 0. The Hall–Kier alpha value is -0.570. The lowest BCUT2D eigenvalue weighted by Gasteiger charge is -2.54. The number of methoxy groups -OCH3 is 1. The van der Waals surface area contributed by atoms with E-state index in [2.05, 4.69) is 46.6 Å². The molecule has 1 heterocycles. The summed E-state index contributed by atoms with van der Waals surface area (Å²) in [5.41, 5.74) is 0.250. The Morgan fingerprint density at radius 3 is 2.04 bits per heavy atom. The van der Waals surface area contributed by atoms with Crippen molar-refractivity contribution in [3.8, 4) is 0 Å². The number of piperidine rings is 1. The highest BCUT2D eigenvalue weighted by Crippen LogP contribution is 2.44. The average molecular weight is 340 g/mol. The molecule has 0 aliphatic carbocycles. The predicted molar refractivity (Wildman–Crippen MR) is 102 cm³/mol. The lowest BCUT2D eigenvalue weighted by atomic mass is 9.68. The minimum atomic E-state index is 0.00436. The number of unbranched alkanes of at least 4 members (excludes halogenated alkanes) is 5. The third-order valence-corrected chi connectivity index (χ3v) is 6.28. The van der Waals surface area contributed by atoms with Gasteiger partial charge in [0.15, 0.2) is 0 Å². The summed E-state index contributed by atoms with van der Waals surface area (Å²) in [5, 5.41) is 0. The molecule has 0 aromatic rings. The van der Waals surface area contributed by atoms with Crippen LogP contribution in [0.15, 0.2) is 0 Å². The highest BCUT2D eigenvalue weighted by Gasteiger charge is 2.46. The fourth-order valence-electron chi connectivity index (χ4n) is 4.58. The van der Waals surface area contributed by atoms with Crippen LogP contribution in [-0.4, -0.2) is 36.1 Å². The maximum atomic E-state index is 12.4. The second kappa shape index (κ2) is 9.22. The SMILES string of the molecule is CCCCCCCCC(C(=O)OC)C1CC(C)(C)N(C)C(C)(C)C1. The molecule has 0 spiro atoms. The van der Waals surface area contributed by atoms with Gasteiger partial charge in [0, 0.05) is 11.1 Å². The smallest absolute Gasteiger partial charge is 0.308 e. The normalized spacial score (nSPS) is 22.3. The van der Waals surface area contributed by atoms with Crippen LogP contribution in [0.2, 0.25) is 0 Å². The van der Waals surface area contributed by atoms with E-state index in [4.69, 9.17) is 4.74 Å². The number of nitrogens with zero attached hydrogens (tertiary/aromatic N) is 1. The number of carbonyl (C=O) groups is 1. The van der Waals surface area contributed by atoms with Gasteiger partial charge < -0.3 is 4.74 Å². The number of hydrogen-bond acceptors (Lipinski definition) is 3. The van der Waals surface area contributed by atoms with Gasteiger partial charge in [-0.2, -0.15) is 0 Å². The van der Waals surface area contributed by atoms with E-state index >= 15 is 0 Å². The molecule has 1 unspecified atom stereocenters. The number of ether oxygens (including phenoxy) is 1. The van der Waals surface area contributed by atoms with Crippen LogP contribution in [0, 0.1) is 11.8 Å². The van der Waals surface area contributed by atoms with Crippen molar-refractivity contribution in [2.45, 2.75) is 103 Å². The highest BCUT2D eigenvalue weighted by atomic mass is 16.5. The maximum Gasteiger partial charge on any atom is 0.308 e. The Labute approximate surface area is 150 Å². The Morgan fingerprint density at radius 1 is 1.04 bits per heavy atom. The van der Waals surface area contributed by atoms with Crippen LogP contribution in [0.1, 0.15) is 92.4 Å². The molecule has 1 aliphatic rings. The van der Waals surface area contributed by atoms with Gasteiger partial charge >= 0.3 is 5.97 Å². The molecule has 24 heavy (non-hydrogen) atoms. The van der Waals surface area contributed by atoms with Crippen molar-refractivity contribution in [3.63, 3.8) is 0 Å². The van der Waals surface area contributed by atoms with Crippen molar-refractivity contribution >= 4 is 5.97 Å². The molecular weight excluding hydrogens is 298 g/mol. The van der Waals surface area contributed by atoms with Gasteiger partial charge in [0.1, 0.15) is 0 Å². The fourth-order valence-corrected chi connectivity index (χ4v) is 4.58. The van der Waals surface area contributed by atoms with E-state index in [1.165, 1.54) is 32.1 Å². The van der Waals surface area contributed by atoms with Crippen LogP contribution in [0.5, 0.6) is 0 Å². The third-order valence-electron chi connectivity index (χ3n) is 6.28. The fraction of sp³-hybridized carbons (Fsp3) is 0.952. The highest BCUT2D eigenvalue weighted by molar-refractivity contribution is 5.72. The summed E-state index contributed by atoms with van der Waals surface area (Å²) in [7, 11) is 3.76. The summed E-state index contributed by atoms with van der Waals surface area (Å²) in [6.07, 6.45) is 10.8. The molecule has 0 amide bonds. The second-order valence-corrected chi connectivity index (χ2v) is 9.04. The zero-order valence-corrected chi connectivity index (χ0v) is 17.3. The monoisotopic (exact) mass is 339 g/mol. The van der Waals surface area contributed by atoms with Gasteiger partial charge in [-0.05, 0) is 59.9 Å². The van der Waals surface area contributed by atoms with Gasteiger partial charge in [0.25, 0.3) is 0 Å². The summed E-state index contributed by atoms with van der Waals surface area (Å²) in [4.78, 5) is 14.9. The minimum absolute atomic E-state index is 0.00436. The molecule has 0 aromatic heterocycles. The summed E-state index contributed by atoms with van der Waals surface area (Å²) < 4.78 is 5.17. The number of likely N-dealkylation sites (tertiary alicyclic amines) is 1. The largest absolute Gasteiger partial charge is 0.469 e. The van der Waals surface area contributed by atoms with Crippen molar-refractivity contribution in [3.05, 3.63) is 0 Å². The van der Waals surface area contributed by atoms with Crippen molar-refractivity contribution in [2.24, 2.45) is 11.8 Å². The molecular formula is C21H41NO2. The van der Waals surface area contributed by atoms with Crippen LogP contribution in [0.3, 0.4) is 0 Å². The molecule has 3 heteroatoms. The Morgan fingerprint density at radius 2 is 1.54 bits per heavy atom. The molecule has 0 saturated carbocycles. The Balaban J connectivity index is 2.69. The van der Waals surface area contributed by atoms with E-state index in [0.717, 1.165) is 25.7 Å². The first-order valence-corrected chi connectivity index (χ1v) is 9.97. The lowest BCUT2D eigenvalue weighted by Crippen LogP contribution is -2.59. The molecule has 1 fully saturated rings. The molecule has 1 aliphatic heterocycles. The number of carbonyl (C=O) groups excluding carboxylic acids is 1. The standard InChI is InChI=1S/C21H41NO2/c1-8-9-10-11-12-13-14-18(19(23)24-7)17-15-20(2,3)22(6)21(4,5)16-17/h17-18H,8-16H2,1-7H3. The van der Waals surface area contributed by atoms with E-state index in [1.807, 2.05) is 0 Å². The lowest BCUT2D eigenvalue weighted by molar-refractivity contribution is -0.151. The molecule has 1 rings (SSSR count). The second-order valence-electron chi connectivity index (χ2n) is 9.04. The quantitative estimate of drug-likeness (QED) is 0.414.